The van der Waals surface area contributed by atoms with Gasteiger partial charge in [0.2, 0.25) is 5.91 Å². The Morgan fingerprint density at radius 2 is 2.06 bits per heavy atom. The van der Waals surface area contributed by atoms with Crippen molar-refractivity contribution in [2.24, 2.45) is 11.3 Å². The van der Waals surface area contributed by atoms with E-state index in [9.17, 15) is 4.79 Å². The van der Waals surface area contributed by atoms with Gasteiger partial charge in [0.15, 0.2) is 0 Å². The first-order valence-electron chi connectivity index (χ1n) is 5.54. The minimum absolute atomic E-state index is 0.180. The van der Waals surface area contributed by atoms with E-state index in [4.69, 9.17) is 5.26 Å². The summed E-state index contributed by atoms with van der Waals surface area (Å²) < 4.78 is 0.961. The lowest BCUT2D eigenvalue weighted by atomic mass is 9.63. The van der Waals surface area contributed by atoms with Gasteiger partial charge in [0.1, 0.15) is 5.41 Å². The molecule has 1 fully saturated rings. The van der Waals surface area contributed by atoms with Crippen LogP contribution in [-0.4, -0.2) is 5.91 Å². The first kappa shape index (κ1) is 12.1. The summed E-state index contributed by atoms with van der Waals surface area (Å²) in [6.45, 7) is 2.06. The molecule has 0 atom stereocenters. The predicted molar refractivity (Wildman–Crippen MR) is 69.2 cm³/mol. The Balaban J connectivity index is 2.07. The van der Waals surface area contributed by atoms with Crippen LogP contribution in [0.15, 0.2) is 28.7 Å². The Morgan fingerprint density at radius 1 is 1.47 bits per heavy atom. The summed E-state index contributed by atoms with van der Waals surface area (Å²) in [5, 5.41) is 11.9. The summed E-state index contributed by atoms with van der Waals surface area (Å²) in [5.74, 6) is 0.283. The van der Waals surface area contributed by atoms with Crippen molar-refractivity contribution in [1.29, 1.82) is 5.26 Å². The van der Waals surface area contributed by atoms with Crippen LogP contribution in [0, 0.1) is 22.7 Å². The molecular formula is C13H13BrN2O. The van der Waals surface area contributed by atoms with Crippen LogP contribution in [0.4, 0.5) is 5.69 Å². The smallest absolute Gasteiger partial charge is 0.244 e. The molecular weight excluding hydrogens is 280 g/mol. The molecule has 17 heavy (non-hydrogen) atoms. The van der Waals surface area contributed by atoms with E-state index in [2.05, 4.69) is 34.2 Å². The zero-order chi connectivity index (χ0) is 12.5. The van der Waals surface area contributed by atoms with Gasteiger partial charge in [-0.05, 0) is 43.0 Å². The SMILES string of the molecule is CC1CC(C#N)(C(=O)Nc2ccc(Br)cc2)C1. The first-order valence-corrected chi connectivity index (χ1v) is 6.33. The van der Waals surface area contributed by atoms with Crippen LogP contribution in [0.1, 0.15) is 19.8 Å². The van der Waals surface area contributed by atoms with E-state index in [-0.39, 0.29) is 5.91 Å². The maximum Gasteiger partial charge on any atom is 0.244 e. The number of nitrogens with one attached hydrogen (secondary N) is 1. The fraction of sp³-hybridized carbons (Fsp3) is 0.385. The van der Waals surface area contributed by atoms with Crippen LogP contribution in [0.25, 0.3) is 0 Å². The third kappa shape index (κ3) is 2.34. The van der Waals surface area contributed by atoms with E-state index in [1.807, 2.05) is 24.3 Å². The predicted octanol–water partition coefficient (Wildman–Crippen LogP) is 3.33. The minimum Gasteiger partial charge on any atom is -0.325 e. The molecule has 0 bridgehead atoms. The van der Waals surface area contributed by atoms with Crippen LogP contribution >= 0.6 is 15.9 Å². The average molecular weight is 293 g/mol. The lowest BCUT2D eigenvalue weighted by Crippen LogP contribution is -2.45. The zero-order valence-electron chi connectivity index (χ0n) is 9.53. The average Bonchev–Trinajstić information content (AvgIpc) is 2.27. The summed E-state index contributed by atoms with van der Waals surface area (Å²) in [5.41, 5.74) is -0.0840. The number of benzene rings is 1. The van der Waals surface area contributed by atoms with Crippen molar-refractivity contribution >= 4 is 27.5 Å². The van der Waals surface area contributed by atoms with Gasteiger partial charge < -0.3 is 5.32 Å². The second-order valence-electron chi connectivity index (χ2n) is 4.67. The maximum atomic E-state index is 12.0. The molecule has 1 aromatic rings. The van der Waals surface area contributed by atoms with E-state index < -0.39 is 5.41 Å². The summed E-state index contributed by atoms with van der Waals surface area (Å²) in [4.78, 5) is 12.0. The van der Waals surface area contributed by atoms with Crippen LogP contribution in [-0.2, 0) is 4.79 Å². The van der Waals surface area contributed by atoms with Gasteiger partial charge in [0, 0.05) is 10.2 Å². The summed E-state index contributed by atoms with van der Waals surface area (Å²) in [6, 6.07) is 9.50. The third-order valence-corrected chi connectivity index (χ3v) is 3.67. The summed E-state index contributed by atoms with van der Waals surface area (Å²) >= 11 is 3.33. The number of halogens is 1. The second kappa shape index (κ2) is 4.50. The van der Waals surface area contributed by atoms with Crippen molar-refractivity contribution in [2.45, 2.75) is 19.8 Å². The molecule has 1 aliphatic carbocycles. The molecule has 2 rings (SSSR count). The van der Waals surface area contributed by atoms with Crippen molar-refractivity contribution in [2.75, 3.05) is 5.32 Å². The van der Waals surface area contributed by atoms with Gasteiger partial charge in [0.25, 0.3) is 0 Å². The van der Waals surface area contributed by atoms with Crippen LogP contribution in [0.5, 0.6) is 0 Å². The van der Waals surface area contributed by atoms with Crippen molar-refractivity contribution < 1.29 is 4.79 Å². The van der Waals surface area contributed by atoms with E-state index >= 15 is 0 Å². The lowest BCUT2D eigenvalue weighted by Gasteiger charge is -2.39. The number of rotatable bonds is 2. The molecule has 1 amide bonds. The van der Waals surface area contributed by atoms with Gasteiger partial charge in [-0.25, -0.2) is 0 Å². The fourth-order valence-electron chi connectivity index (χ4n) is 2.24. The molecule has 0 saturated heterocycles. The molecule has 0 spiro atoms. The molecule has 88 valence electrons. The quantitative estimate of drug-likeness (QED) is 0.909. The van der Waals surface area contributed by atoms with E-state index in [1.165, 1.54) is 0 Å². The van der Waals surface area contributed by atoms with Crippen LogP contribution in [0.2, 0.25) is 0 Å². The topological polar surface area (TPSA) is 52.9 Å². The highest BCUT2D eigenvalue weighted by molar-refractivity contribution is 9.10. The highest BCUT2D eigenvalue weighted by Crippen LogP contribution is 2.45. The number of nitriles is 1. The minimum atomic E-state index is -0.813. The largest absolute Gasteiger partial charge is 0.325 e. The highest BCUT2D eigenvalue weighted by atomic mass is 79.9. The van der Waals surface area contributed by atoms with Crippen molar-refractivity contribution in [3.05, 3.63) is 28.7 Å². The van der Waals surface area contributed by atoms with E-state index in [0.29, 0.717) is 18.8 Å². The molecule has 1 aliphatic rings. The standard InChI is InChI=1S/C13H13BrN2O/c1-9-6-13(7-9,8-15)12(17)16-11-4-2-10(14)3-5-11/h2-5,9H,6-7H2,1H3,(H,16,17). The number of amides is 1. The monoisotopic (exact) mass is 292 g/mol. The Morgan fingerprint density at radius 3 is 2.53 bits per heavy atom. The number of carbonyl (C=O) groups is 1. The van der Waals surface area contributed by atoms with Gasteiger partial charge >= 0.3 is 0 Å². The van der Waals surface area contributed by atoms with E-state index in [1.54, 1.807) is 0 Å². The number of anilines is 1. The van der Waals surface area contributed by atoms with Gasteiger partial charge in [-0.3, -0.25) is 4.79 Å². The van der Waals surface area contributed by atoms with E-state index in [0.717, 1.165) is 10.2 Å². The Labute approximate surface area is 109 Å². The highest BCUT2D eigenvalue weighted by Gasteiger charge is 2.48. The first-order chi connectivity index (χ1) is 8.05. The molecule has 0 aromatic heterocycles. The van der Waals surface area contributed by atoms with Gasteiger partial charge in [0.05, 0.1) is 6.07 Å². The molecule has 0 radical (unpaired) electrons. The summed E-state index contributed by atoms with van der Waals surface area (Å²) in [6.07, 6.45) is 1.32. The number of nitrogens with zero attached hydrogens (tertiary/aromatic N) is 1. The van der Waals surface area contributed by atoms with Crippen molar-refractivity contribution in [1.82, 2.24) is 0 Å². The molecule has 0 heterocycles. The number of hydrogen-bond donors (Lipinski definition) is 1. The number of carbonyl (C=O) groups excluding carboxylic acids is 1. The van der Waals surface area contributed by atoms with Crippen LogP contribution < -0.4 is 5.32 Å². The molecule has 1 N–H and O–H groups in total. The fourth-order valence-corrected chi connectivity index (χ4v) is 2.51. The molecule has 0 unspecified atom stereocenters. The molecule has 1 saturated carbocycles. The summed E-state index contributed by atoms with van der Waals surface area (Å²) in [7, 11) is 0. The number of hydrogen-bond acceptors (Lipinski definition) is 2. The van der Waals surface area contributed by atoms with Gasteiger partial charge in [-0.15, -0.1) is 0 Å². The Kier molecular flexibility index (Phi) is 3.21. The van der Waals surface area contributed by atoms with Gasteiger partial charge in [-0.1, -0.05) is 22.9 Å². The lowest BCUT2D eigenvalue weighted by molar-refractivity contribution is -0.128. The van der Waals surface area contributed by atoms with Crippen molar-refractivity contribution in [3.8, 4) is 6.07 Å². The van der Waals surface area contributed by atoms with Gasteiger partial charge in [-0.2, -0.15) is 5.26 Å². The Bertz CT molecular complexity index is 469. The Hall–Kier alpha value is -1.34. The molecule has 4 heteroatoms. The zero-order valence-corrected chi connectivity index (χ0v) is 11.1. The molecule has 3 nitrogen and oxygen atoms in total. The van der Waals surface area contributed by atoms with Crippen LogP contribution in [0.3, 0.4) is 0 Å². The van der Waals surface area contributed by atoms with Crippen molar-refractivity contribution in [3.63, 3.8) is 0 Å². The second-order valence-corrected chi connectivity index (χ2v) is 5.58. The third-order valence-electron chi connectivity index (χ3n) is 3.14. The molecule has 1 aromatic carbocycles. The maximum absolute atomic E-state index is 12.0. The normalized spacial score (nSPS) is 26.8. The molecule has 0 aliphatic heterocycles.